The largest absolute Gasteiger partial charge is 0.355 e. The van der Waals surface area contributed by atoms with Crippen molar-refractivity contribution >= 4 is 23.3 Å². The van der Waals surface area contributed by atoms with Crippen molar-refractivity contribution in [2.75, 3.05) is 18.0 Å². The molecule has 5 nitrogen and oxygen atoms in total. The molecule has 0 aliphatic rings. The summed E-state index contributed by atoms with van der Waals surface area (Å²) in [4.78, 5) is 23.0. The van der Waals surface area contributed by atoms with Crippen LogP contribution >= 0.6 is 11.6 Å². The summed E-state index contributed by atoms with van der Waals surface area (Å²) in [5.41, 5.74) is 1.30. The standard InChI is InChI=1S/C18H23ClN4O/c1-3-9-23(10-4-2)17-13-20-16(12-21-17)18(24)22-11-14-5-7-15(19)8-6-14/h5-8,12-13H,3-4,9-11H2,1-2H3,(H,22,24). The van der Waals surface area contributed by atoms with E-state index < -0.39 is 0 Å². The number of hydrogen-bond donors (Lipinski definition) is 1. The van der Waals surface area contributed by atoms with E-state index in [-0.39, 0.29) is 5.91 Å². The van der Waals surface area contributed by atoms with Gasteiger partial charge in [0, 0.05) is 24.7 Å². The molecule has 0 radical (unpaired) electrons. The van der Waals surface area contributed by atoms with Gasteiger partial charge in [-0.1, -0.05) is 37.6 Å². The number of carbonyl (C=O) groups is 1. The number of amides is 1. The van der Waals surface area contributed by atoms with E-state index >= 15 is 0 Å². The Labute approximate surface area is 148 Å². The van der Waals surface area contributed by atoms with Gasteiger partial charge in [0.25, 0.3) is 5.91 Å². The number of anilines is 1. The van der Waals surface area contributed by atoms with Crippen molar-refractivity contribution in [3.63, 3.8) is 0 Å². The number of carbonyl (C=O) groups excluding carboxylic acids is 1. The lowest BCUT2D eigenvalue weighted by Crippen LogP contribution is -2.27. The van der Waals surface area contributed by atoms with Gasteiger partial charge in [0.15, 0.2) is 0 Å². The highest BCUT2D eigenvalue weighted by Crippen LogP contribution is 2.11. The van der Waals surface area contributed by atoms with E-state index in [0.717, 1.165) is 37.3 Å². The molecular formula is C18H23ClN4O. The van der Waals surface area contributed by atoms with Gasteiger partial charge in [-0.05, 0) is 30.5 Å². The summed E-state index contributed by atoms with van der Waals surface area (Å²) in [6.07, 6.45) is 5.30. The second-order valence-corrected chi connectivity index (χ2v) is 5.99. The molecular weight excluding hydrogens is 324 g/mol. The molecule has 128 valence electrons. The van der Waals surface area contributed by atoms with Crippen molar-refractivity contribution < 1.29 is 4.79 Å². The van der Waals surface area contributed by atoms with E-state index in [2.05, 4.69) is 34.0 Å². The monoisotopic (exact) mass is 346 g/mol. The van der Waals surface area contributed by atoms with Crippen LogP contribution in [0.5, 0.6) is 0 Å². The minimum atomic E-state index is -0.235. The van der Waals surface area contributed by atoms with E-state index in [9.17, 15) is 4.79 Å². The number of benzene rings is 1. The highest BCUT2D eigenvalue weighted by atomic mass is 35.5. The maximum Gasteiger partial charge on any atom is 0.271 e. The lowest BCUT2D eigenvalue weighted by atomic mass is 10.2. The first kappa shape index (κ1) is 18.2. The normalized spacial score (nSPS) is 10.5. The van der Waals surface area contributed by atoms with Crippen molar-refractivity contribution in [1.29, 1.82) is 0 Å². The molecule has 1 heterocycles. The van der Waals surface area contributed by atoms with E-state index in [1.807, 2.05) is 12.1 Å². The molecule has 1 amide bonds. The lowest BCUT2D eigenvalue weighted by molar-refractivity contribution is 0.0945. The minimum absolute atomic E-state index is 0.235. The number of aromatic nitrogens is 2. The number of halogens is 1. The van der Waals surface area contributed by atoms with Crippen LogP contribution in [-0.4, -0.2) is 29.0 Å². The van der Waals surface area contributed by atoms with Gasteiger partial charge < -0.3 is 10.2 Å². The predicted octanol–water partition coefficient (Wildman–Crippen LogP) is 3.69. The van der Waals surface area contributed by atoms with Crippen LogP contribution in [0.3, 0.4) is 0 Å². The Kier molecular flexibility index (Phi) is 7.00. The van der Waals surface area contributed by atoms with Crippen LogP contribution in [0, 0.1) is 0 Å². The van der Waals surface area contributed by atoms with Crippen molar-refractivity contribution in [3.8, 4) is 0 Å². The van der Waals surface area contributed by atoms with Crippen LogP contribution in [0.1, 0.15) is 42.7 Å². The molecule has 1 N–H and O–H groups in total. The summed E-state index contributed by atoms with van der Waals surface area (Å²) in [5, 5.41) is 3.51. The summed E-state index contributed by atoms with van der Waals surface area (Å²) >= 11 is 5.85. The molecule has 0 aliphatic heterocycles. The van der Waals surface area contributed by atoms with Gasteiger partial charge in [-0.3, -0.25) is 4.79 Å². The molecule has 6 heteroatoms. The number of nitrogens with zero attached hydrogens (tertiary/aromatic N) is 3. The molecule has 2 rings (SSSR count). The Bertz CT molecular complexity index is 637. The first-order chi connectivity index (χ1) is 11.6. The van der Waals surface area contributed by atoms with Gasteiger partial charge >= 0.3 is 0 Å². The average Bonchev–Trinajstić information content (AvgIpc) is 2.61. The third-order valence-corrected chi connectivity index (χ3v) is 3.80. The maximum atomic E-state index is 12.2. The Morgan fingerprint density at radius 2 is 1.75 bits per heavy atom. The van der Waals surface area contributed by atoms with Crippen LogP contribution < -0.4 is 10.2 Å². The van der Waals surface area contributed by atoms with Crippen LogP contribution in [0.15, 0.2) is 36.7 Å². The molecule has 0 fully saturated rings. The third kappa shape index (κ3) is 5.20. The van der Waals surface area contributed by atoms with Crippen molar-refractivity contribution in [3.05, 3.63) is 52.9 Å². The summed E-state index contributed by atoms with van der Waals surface area (Å²) in [6.45, 7) is 6.57. The molecule has 1 aromatic heterocycles. The number of nitrogens with one attached hydrogen (secondary N) is 1. The van der Waals surface area contributed by atoms with Gasteiger partial charge in [0.1, 0.15) is 11.5 Å². The maximum absolute atomic E-state index is 12.2. The molecule has 24 heavy (non-hydrogen) atoms. The van der Waals surface area contributed by atoms with Gasteiger partial charge in [0.05, 0.1) is 12.4 Å². The summed E-state index contributed by atoms with van der Waals surface area (Å²) < 4.78 is 0. The van der Waals surface area contributed by atoms with E-state index in [4.69, 9.17) is 11.6 Å². The summed E-state index contributed by atoms with van der Waals surface area (Å²) in [5.74, 6) is 0.578. The van der Waals surface area contributed by atoms with Gasteiger partial charge in [0.2, 0.25) is 0 Å². The van der Waals surface area contributed by atoms with Gasteiger partial charge in [-0.25, -0.2) is 9.97 Å². The molecule has 0 saturated heterocycles. The number of hydrogen-bond acceptors (Lipinski definition) is 4. The second kappa shape index (κ2) is 9.23. The van der Waals surface area contributed by atoms with E-state index in [0.29, 0.717) is 17.3 Å². The number of rotatable bonds is 8. The van der Waals surface area contributed by atoms with Crippen LogP contribution in [0.25, 0.3) is 0 Å². The predicted molar refractivity (Wildman–Crippen MR) is 97.4 cm³/mol. The second-order valence-electron chi connectivity index (χ2n) is 5.56. The molecule has 0 unspecified atom stereocenters. The molecule has 2 aromatic rings. The van der Waals surface area contributed by atoms with Crippen molar-refractivity contribution in [2.24, 2.45) is 0 Å². The fourth-order valence-electron chi connectivity index (χ4n) is 2.36. The Balaban J connectivity index is 1.96. The Hall–Kier alpha value is -2.14. The quantitative estimate of drug-likeness (QED) is 0.792. The van der Waals surface area contributed by atoms with Gasteiger partial charge in [-0.2, -0.15) is 0 Å². The highest BCUT2D eigenvalue weighted by Gasteiger charge is 2.11. The SMILES string of the molecule is CCCN(CCC)c1cnc(C(=O)NCc2ccc(Cl)cc2)cn1. The molecule has 0 aliphatic carbocycles. The van der Waals surface area contributed by atoms with Crippen LogP contribution in [0.4, 0.5) is 5.82 Å². The molecule has 0 bridgehead atoms. The topological polar surface area (TPSA) is 58.1 Å². The minimum Gasteiger partial charge on any atom is -0.355 e. The van der Waals surface area contributed by atoms with E-state index in [1.165, 1.54) is 6.20 Å². The first-order valence-electron chi connectivity index (χ1n) is 8.23. The zero-order valence-corrected chi connectivity index (χ0v) is 14.9. The summed E-state index contributed by atoms with van der Waals surface area (Å²) in [7, 11) is 0. The zero-order valence-electron chi connectivity index (χ0n) is 14.1. The lowest BCUT2D eigenvalue weighted by Gasteiger charge is -2.22. The molecule has 0 atom stereocenters. The average molecular weight is 347 g/mol. The summed E-state index contributed by atoms with van der Waals surface area (Å²) in [6, 6.07) is 7.36. The Morgan fingerprint density at radius 1 is 1.08 bits per heavy atom. The molecule has 0 spiro atoms. The Morgan fingerprint density at radius 3 is 2.29 bits per heavy atom. The highest BCUT2D eigenvalue weighted by molar-refractivity contribution is 6.30. The molecule has 1 aromatic carbocycles. The first-order valence-corrected chi connectivity index (χ1v) is 8.61. The third-order valence-electron chi connectivity index (χ3n) is 3.55. The molecule has 0 saturated carbocycles. The fourth-order valence-corrected chi connectivity index (χ4v) is 2.48. The smallest absolute Gasteiger partial charge is 0.271 e. The van der Waals surface area contributed by atoms with Crippen LogP contribution in [-0.2, 0) is 6.54 Å². The van der Waals surface area contributed by atoms with Gasteiger partial charge in [-0.15, -0.1) is 0 Å². The van der Waals surface area contributed by atoms with E-state index in [1.54, 1.807) is 18.3 Å². The fraction of sp³-hybridized carbons (Fsp3) is 0.389. The van der Waals surface area contributed by atoms with Crippen molar-refractivity contribution in [2.45, 2.75) is 33.2 Å². The van der Waals surface area contributed by atoms with Crippen LogP contribution in [0.2, 0.25) is 5.02 Å². The van der Waals surface area contributed by atoms with Crippen molar-refractivity contribution in [1.82, 2.24) is 15.3 Å². The zero-order chi connectivity index (χ0) is 17.4.